The summed E-state index contributed by atoms with van der Waals surface area (Å²) in [7, 11) is 1.62. The first-order chi connectivity index (χ1) is 19.6. The number of rotatable bonds is 9. The van der Waals surface area contributed by atoms with Crippen molar-refractivity contribution in [2.45, 2.75) is 43.6 Å². The molecule has 40 heavy (non-hydrogen) atoms. The lowest BCUT2D eigenvalue weighted by Gasteiger charge is -2.38. The van der Waals surface area contributed by atoms with Crippen molar-refractivity contribution < 1.29 is 14.3 Å². The zero-order valence-electron chi connectivity index (χ0n) is 22.4. The number of nitrogens with zero attached hydrogens (tertiary/aromatic N) is 6. The predicted octanol–water partition coefficient (Wildman–Crippen LogP) is 4.50. The van der Waals surface area contributed by atoms with Crippen molar-refractivity contribution in [3.63, 3.8) is 0 Å². The molecule has 10 heteroatoms. The summed E-state index contributed by atoms with van der Waals surface area (Å²) in [5.74, 6) is 0.566. The number of nitrogen functional groups attached to an aromatic ring is 1. The summed E-state index contributed by atoms with van der Waals surface area (Å²) in [6.07, 6.45) is 8.29. The van der Waals surface area contributed by atoms with Crippen molar-refractivity contribution in [2.75, 3.05) is 26.1 Å². The van der Waals surface area contributed by atoms with Crippen molar-refractivity contribution >= 4 is 29.2 Å². The predicted molar refractivity (Wildman–Crippen MR) is 153 cm³/mol. The molecule has 4 aromatic rings. The number of ether oxygens (including phenoxy) is 2. The number of carbonyl (C=O) groups is 1. The highest BCUT2D eigenvalue weighted by atomic mass is 16.5. The zero-order chi connectivity index (χ0) is 27.5. The van der Waals surface area contributed by atoms with Gasteiger partial charge < -0.3 is 15.2 Å². The molecule has 2 N–H and O–H groups in total. The van der Waals surface area contributed by atoms with Crippen molar-refractivity contribution in [1.29, 1.82) is 0 Å². The van der Waals surface area contributed by atoms with Crippen LogP contribution in [0.25, 0.3) is 28.0 Å². The van der Waals surface area contributed by atoms with E-state index < -0.39 is 5.60 Å². The van der Waals surface area contributed by atoms with Gasteiger partial charge in [-0.25, -0.2) is 4.98 Å². The van der Waals surface area contributed by atoms with Gasteiger partial charge in [-0.05, 0) is 31.7 Å². The van der Waals surface area contributed by atoms with Crippen molar-refractivity contribution in [3.05, 3.63) is 66.6 Å². The first kappa shape index (κ1) is 26.0. The zero-order valence-corrected chi connectivity index (χ0v) is 22.4. The monoisotopic (exact) mass is 537 g/mol. The molecule has 2 aliphatic rings. The van der Waals surface area contributed by atoms with Crippen molar-refractivity contribution in [3.8, 4) is 22.4 Å². The molecule has 0 saturated heterocycles. The molecule has 1 aliphatic heterocycles. The van der Waals surface area contributed by atoms with Crippen LogP contribution in [-0.4, -0.2) is 63.2 Å². The molecule has 0 unspecified atom stereocenters. The Morgan fingerprint density at radius 2 is 1.90 bits per heavy atom. The van der Waals surface area contributed by atoms with E-state index in [1.165, 1.54) is 0 Å². The van der Waals surface area contributed by atoms with Gasteiger partial charge in [0.05, 0.1) is 25.1 Å². The molecule has 0 radical (unpaired) electrons. The summed E-state index contributed by atoms with van der Waals surface area (Å²) in [4.78, 5) is 23.1. The van der Waals surface area contributed by atoms with Crippen LogP contribution in [-0.2, 0) is 14.3 Å². The number of ketones is 1. The molecule has 6 rings (SSSR count). The maximum absolute atomic E-state index is 13.4. The van der Waals surface area contributed by atoms with Gasteiger partial charge in [-0.1, -0.05) is 36.4 Å². The lowest BCUT2D eigenvalue weighted by Crippen LogP contribution is -2.48. The number of hydrogen-bond acceptors (Lipinski definition) is 9. The summed E-state index contributed by atoms with van der Waals surface area (Å²) >= 11 is 0. The van der Waals surface area contributed by atoms with Gasteiger partial charge in [0.25, 0.3) is 0 Å². The number of Topliss-reactive ketones (excluding diaryl/α,β-unsaturated/α-hetero) is 1. The minimum Gasteiger partial charge on any atom is -0.384 e. The second kappa shape index (κ2) is 11.1. The lowest BCUT2D eigenvalue weighted by molar-refractivity contribution is -0.145. The Bertz CT molecular complexity index is 1570. The Morgan fingerprint density at radius 3 is 2.60 bits per heavy atom. The topological polar surface area (TPSA) is 129 Å². The fourth-order valence-corrected chi connectivity index (χ4v) is 5.57. The van der Waals surface area contributed by atoms with E-state index in [1.54, 1.807) is 24.0 Å². The smallest absolute Gasteiger partial charge is 0.211 e. The number of fused-ring (bicyclic) bond motifs is 1. The molecular weight excluding hydrogens is 506 g/mol. The molecule has 204 valence electrons. The number of benzene rings is 1. The molecule has 0 atom stereocenters. The third-order valence-corrected chi connectivity index (χ3v) is 7.76. The Labute approximate surface area is 232 Å². The fourth-order valence-electron chi connectivity index (χ4n) is 5.57. The largest absolute Gasteiger partial charge is 0.384 e. The Morgan fingerprint density at radius 1 is 1.07 bits per heavy atom. The normalized spacial score (nSPS) is 20.6. The molecular formula is C30H31N7O3. The Kier molecular flexibility index (Phi) is 7.19. The van der Waals surface area contributed by atoms with E-state index in [0.29, 0.717) is 49.7 Å². The maximum atomic E-state index is 13.4. The van der Waals surface area contributed by atoms with Gasteiger partial charge in [-0.3, -0.25) is 9.78 Å². The molecule has 3 aromatic heterocycles. The molecule has 0 amide bonds. The van der Waals surface area contributed by atoms with Crippen LogP contribution in [0, 0.1) is 0 Å². The van der Waals surface area contributed by atoms with E-state index in [4.69, 9.17) is 20.2 Å². The number of methoxy groups -OCH3 is 1. The summed E-state index contributed by atoms with van der Waals surface area (Å²) in [5, 5.41) is 12.4. The molecule has 1 aromatic carbocycles. The molecule has 4 heterocycles. The fraction of sp³-hybridized carbons (Fsp3) is 0.333. The van der Waals surface area contributed by atoms with Gasteiger partial charge >= 0.3 is 0 Å². The average Bonchev–Trinajstić information content (AvgIpc) is 3.69. The first-order valence-corrected chi connectivity index (χ1v) is 13.5. The second-order valence-corrected chi connectivity index (χ2v) is 10.2. The second-order valence-electron chi connectivity index (χ2n) is 10.2. The Balaban J connectivity index is 1.25. The summed E-state index contributed by atoms with van der Waals surface area (Å²) in [5.41, 5.74) is 11.3. The SMILES string of the molecule is COCCOC1(C(=O)C2=NN=CC2)CCC(c2cc(N)n3ncc(-c4ccc(-c5ccccc5)nc4)c3n2)CC1. The van der Waals surface area contributed by atoms with E-state index in [0.717, 1.165) is 40.9 Å². The molecule has 10 nitrogen and oxygen atoms in total. The van der Waals surface area contributed by atoms with E-state index in [-0.39, 0.29) is 11.7 Å². The third-order valence-electron chi connectivity index (χ3n) is 7.76. The van der Waals surface area contributed by atoms with Crippen LogP contribution in [0.2, 0.25) is 0 Å². The van der Waals surface area contributed by atoms with Gasteiger partial charge in [0, 0.05) is 60.3 Å². The third kappa shape index (κ3) is 4.91. The highest BCUT2D eigenvalue weighted by molar-refractivity contribution is 6.45. The van der Waals surface area contributed by atoms with Crippen LogP contribution in [0.1, 0.15) is 43.7 Å². The highest BCUT2D eigenvalue weighted by Crippen LogP contribution is 2.41. The number of anilines is 1. The maximum Gasteiger partial charge on any atom is 0.211 e. The van der Waals surface area contributed by atoms with Crippen LogP contribution in [0.15, 0.2) is 71.1 Å². The minimum atomic E-state index is -0.925. The summed E-state index contributed by atoms with van der Waals surface area (Å²) in [6, 6.07) is 16.0. The average molecular weight is 538 g/mol. The lowest BCUT2D eigenvalue weighted by atomic mass is 9.74. The van der Waals surface area contributed by atoms with Crippen LogP contribution in [0.5, 0.6) is 0 Å². The molecule has 0 bridgehead atoms. The van der Waals surface area contributed by atoms with Crippen LogP contribution in [0.4, 0.5) is 5.82 Å². The first-order valence-electron chi connectivity index (χ1n) is 13.5. The van der Waals surface area contributed by atoms with Crippen molar-refractivity contribution in [2.24, 2.45) is 10.2 Å². The van der Waals surface area contributed by atoms with E-state index in [9.17, 15) is 4.79 Å². The quantitative estimate of drug-likeness (QED) is 0.311. The van der Waals surface area contributed by atoms with Crippen LogP contribution < -0.4 is 5.73 Å². The highest BCUT2D eigenvalue weighted by Gasteiger charge is 2.45. The minimum absolute atomic E-state index is 0.0768. The summed E-state index contributed by atoms with van der Waals surface area (Å²) in [6.45, 7) is 0.760. The number of pyridine rings is 1. The standard InChI is InChI=1S/C30H31N7O3/c1-39-15-16-40-30(28(38)25-11-14-33-36-25)12-9-21(10-13-30)26-17-27(31)37-29(35-26)23(19-34-37)22-7-8-24(32-18-22)20-5-3-2-4-6-20/h2-8,14,17-19,21H,9-13,15-16,31H2,1H3. The Hall–Kier alpha value is -4.28. The van der Waals surface area contributed by atoms with E-state index in [2.05, 4.69) is 20.3 Å². The summed E-state index contributed by atoms with van der Waals surface area (Å²) < 4.78 is 13.0. The number of hydrogen-bond donors (Lipinski definition) is 1. The molecule has 0 spiro atoms. The van der Waals surface area contributed by atoms with Gasteiger partial charge in [-0.15, -0.1) is 0 Å². The van der Waals surface area contributed by atoms with Crippen molar-refractivity contribution in [1.82, 2.24) is 19.6 Å². The van der Waals surface area contributed by atoms with E-state index >= 15 is 0 Å². The molecule has 1 fully saturated rings. The number of carbonyl (C=O) groups excluding carboxylic acids is 1. The number of nitrogens with two attached hydrogens (primary N) is 1. The van der Waals surface area contributed by atoms with Gasteiger partial charge in [0.2, 0.25) is 5.78 Å². The number of aromatic nitrogens is 4. The van der Waals surface area contributed by atoms with Crippen LogP contribution in [0.3, 0.4) is 0 Å². The van der Waals surface area contributed by atoms with Gasteiger partial charge in [0.1, 0.15) is 17.1 Å². The molecule has 1 aliphatic carbocycles. The van der Waals surface area contributed by atoms with Crippen LogP contribution >= 0.6 is 0 Å². The van der Waals surface area contributed by atoms with E-state index in [1.807, 2.05) is 54.7 Å². The van der Waals surface area contributed by atoms with Gasteiger partial charge in [0.15, 0.2) is 5.65 Å². The van der Waals surface area contributed by atoms with Gasteiger partial charge in [-0.2, -0.15) is 19.8 Å². The molecule has 1 saturated carbocycles.